The molecular weight excluding hydrogens is 342 g/mol. The van der Waals surface area contributed by atoms with Crippen LogP contribution in [0.25, 0.3) is 0 Å². The molecule has 0 spiro atoms. The highest BCUT2D eigenvalue weighted by molar-refractivity contribution is 6.30. The van der Waals surface area contributed by atoms with E-state index in [2.05, 4.69) is 0 Å². The third kappa shape index (κ3) is 4.12. The molecule has 0 saturated carbocycles. The van der Waals surface area contributed by atoms with E-state index in [1.807, 2.05) is 18.2 Å². The minimum absolute atomic E-state index is 0.111. The summed E-state index contributed by atoms with van der Waals surface area (Å²) in [5, 5.41) is 0.633. The van der Waals surface area contributed by atoms with Gasteiger partial charge in [-0.2, -0.15) is 0 Å². The second-order valence-corrected chi connectivity index (χ2v) is 6.19. The van der Waals surface area contributed by atoms with E-state index >= 15 is 0 Å². The van der Waals surface area contributed by atoms with E-state index in [1.54, 1.807) is 42.2 Å². The number of rotatable bonds is 5. The van der Waals surface area contributed by atoms with Crippen LogP contribution in [0.3, 0.4) is 0 Å². The highest BCUT2D eigenvalue weighted by atomic mass is 35.5. The highest BCUT2D eigenvalue weighted by Gasteiger charge is 2.31. The van der Waals surface area contributed by atoms with E-state index < -0.39 is 6.10 Å². The number of hydrogen-bond acceptors (Lipinski definition) is 4. The molecule has 2 aromatic carbocycles. The van der Waals surface area contributed by atoms with Gasteiger partial charge in [-0.15, -0.1) is 0 Å². The summed E-state index contributed by atoms with van der Waals surface area (Å²) in [5.41, 5.74) is 1.54. The lowest BCUT2D eigenvalue weighted by Gasteiger charge is -2.32. The summed E-state index contributed by atoms with van der Waals surface area (Å²) in [4.78, 5) is 25.9. The lowest BCUT2D eigenvalue weighted by Crippen LogP contribution is -2.45. The van der Waals surface area contributed by atoms with Crippen LogP contribution in [0.4, 0.5) is 5.69 Å². The molecule has 1 unspecified atom stereocenters. The standard InChI is InChI=1S/C19H18ClNO4/c1-13-19(23)21(16-4-2-3-5-17(16)25-13)11-10-18(22)24-12-14-6-8-15(20)9-7-14/h2-9,13H,10-12H2,1H3. The van der Waals surface area contributed by atoms with Gasteiger partial charge in [-0.3, -0.25) is 9.59 Å². The summed E-state index contributed by atoms with van der Waals surface area (Å²) in [7, 11) is 0. The number of carbonyl (C=O) groups excluding carboxylic acids is 2. The maximum absolute atomic E-state index is 12.3. The number of nitrogens with zero attached hydrogens (tertiary/aromatic N) is 1. The van der Waals surface area contributed by atoms with Crippen LogP contribution >= 0.6 is 11.6 Å². The number of carbonyl (C=O) groups is 2. The maximum atomic E-state index is 12.3. The van der Waals surface area contributed by atoms with Crippen LogP contribution in [0.5, 0.6) is 5.75 Å². The number of esters is 1. The molecule has 1 heterocycles. The van der Waals surface area contributed by atoms with Crippen molar-refractivity contribution in [2.75, 3.05) is 11.4 Å². The second-order valence-electron chi connectivity index (χ2n) is 5.75. The van der Waals surface area contributed by atoms with Gasteiger partial charge in [0.2, 0.25) is 0 Å². The normalized spacial score (nSPS) is 16.2. The Bertz CT molecular complexity index is 775. The van der Waals surface area contributed by atoms with Crippen LogP contribution in [-0.2, 0) is 20.9 Å². The van der Waals surface area contributed by atoms with Crippen molar-refractivity contribution in [3.05, 3.63) is 59.1 Å². The lowest BCUT2D eigenvalue weighted by atomic mass is 10.2. The molecule has 3 rings (SSSR count). The van der Waals surface area contributed by atoms with Crippen LogP contribution < -0.4 is 9.64 Å². The molecule has 0 bridgehead atoms. The number of halogens is 1. The summed E-state index contributed by atoms with van der Waals surface area (Å²) in [6.45, 7) is 2.13. The summed E-state index contributed by atoms with van der Waals surface area (Å²) < 4.78 is 10.8. The molecule has 1 aliphatic rings. The van der Waals surface area contributed by atoms with Crippen molar-refractivity contribution in [2.45, 2.75) is 26.1 Å². The number of hydrogen-bond donors (Lipinski definition) is 0. The number of anilines is 1. The van der Waals surface area contributed by atoms with Gasteiger partial charge in [-0.05, 0) is 36.8 Å². The Kier molecular flexibility index (Phi) is 5.24. The van der Waals surface area contributed by atoms with Crippen molar-refractivity contribution in [3.63, 3.8) is 0 Å². The number of fused-ring (bicyclic) bond motifs is 1. The first-order valence-electron chi connectivity index (χ1n) is 8.02. The smallest absolute Gasteiger partial charge is 0.307 e. The first kappa shape index (κ1) is 17.3. The Morgan fingerprint density at radius 2 is 1.92 bits per heavy atom. The van der Waals surface area contributed by atoms with E-state index in [4.69, 9.17) is 21.1 Å². The van der Waals surface area contributed by atoms with Gasteiger partial charge in [0, 0.05) is 11.6 Å². The van der Waals surface area contributed by atoms with Crippen LogP contribution in [0.1, 0.15) is 18.9 Å². The van der Waals surface area contributed by atoms with E-state index in [1.165, 1.54) is 0 Å². The quantitative estimate of drug-likeness (QED) is 0.765. The fraction of sp³-hybridized carbons (Fsp3) is 0.263. The van der Waals surface area contributed by atoms with Crippen LogP contribution in [0.15, 0.2) is 48.5 Å². The number of para-hydroxylation sites is 2. The summed E-state index contributed by atoms with van der Waals surface area (Å²) in [5.74, 6) is 0.118. The fourth-order valence-electron chi connectivity index (χ4n) is 2.61. The Morgan fingerprint density at radius 1 is 1.20 bits per heavy atom. The van der Waals surface area contributed by atoms with Gasteiger partial charge >= 0.3 is 5.97 Å². The van der Waals surface area contributed by atoms with Gasteiger partial charge in [0.1, 0.15) is 12.4 Å². The summed E-state index contributed by atoms with van der Waals surface area (Å²) in [6, 6.07) is 14.4. The predicted molar refractivity (Wildman–Crippen MR) is 94.8 cm³/mol. The molecule has 5 nitrogen and oxygen atoms in total. The molecule has 0 aromatic heterocycles. The van der Waals surface area contributed by atoms with Gasteiger partial charge in [-0.25, -0.2) is 0 Å². The molecule has 6 heteroatoms. The number of benzene rings is 2. The summed E-state index contributed by atoms with van der Waals surface area (Å²) in [6.07, 6.45) is -0.458. The third-order valence-electron chi connectivity index (χ3n) is 3.93. The number of ether oxygens (including phenoxy) is 2. The van der Waals surface area contributed by atoms with Crippen molar-refractivity contribution in [1.29, 1.82) is 0 Å². The Morgan fingerprint density at radius 3 is 2.68 bits per heavy atom. The first-order chi connectivity index (χ1) is 12.0. The Labute approximate surface area is 151 Å². The largest absolute Gasteiger partial charge is 0.479 e. The minimum Gasteiger partial charge on any atom is -0.479 e. The van der Waals surface area contributed by atoms with Crippen molar-refractivity contribution in [1.82, 2.24) is 0 Å². The zero-order valence-corrected chi connectivity index (χ0v) is 14.5. The van der Waals surface area contributed by atoms with E-state index in [9.17, 15) is 9.59 Å². The molecule has 1 aliphatic heterocycles. The fourth-order valence-corrected chi connectivity index (χ4v) is 2.74. The topological polar surface area (TPSA) is 55.8 Å². The van der Waals surface area contributed by atoms with Crippen molar-refractivity contribution >= 4 is 29.2 Å². The average molecular weight is 360 g/mol. The van der Waals surface area contributed by atoms with Crippen molar-refractivity contribution in [3.8, 4) is 5.75 Å². The average Bonchev–Trinajstić information content (AvgIpc) is 2.61. The second kappa shape index (κ2) is 7.57. The van der Waals surface area contributed by atoms with Gasteiger partial charge < -0.3 is 14.4 Å². The van der Waals surface area contributed by atoms with E-state index in [-0.39, 0.29) is 31.4 Å². The molecule has 130 valence electrons. The van der Waals surface area contributed by atoms with Crippen molar-refractivity contribution in [2.24, 2.45) is 0 Å². The molecule has 0 fully saturated rings. The zero-order valence-electron chi connectivity index (χ0n) is 13.8. The predicted octanol–water partition coefficient (Wildman–Crippen LogP) is 3.59. The van der Waals surface area contributed by atoms with Gasteiger partial charge in [0.05, 0.1) is 12.1 Å². The molecule has 0 aliphatic carbocycles. The molecule has 25 heavy (non-hydrogen) atoms. The monoisotopic (exact) mass is 359 g/mol. The van der Waals surface area contributed by atoms with Crippen LogP contribution in [0.2, 0.25) is 5.02 Å². The highest BCUT2D eigenvalue weighted by Crippen LogP contribution is 2.33. The van der Waals surface area contributed by atoms with E-state index in [0.29, 0.717) is 16.5 Å². The van der Waals surface area contributed by atoms with Gasteiger partial charge in [0.25, 0.3) is 5.91 Å². The van der Waals surface area contributed by atoms with Crippen LogP contribution in [-0.4, -0.2) is 24.5 Å². The lowest BCUT2D eigenvalue weighted by molar-refractivity contribution is -0.144. The molecule has 0 radical (unpaired) electrons. The number of amides is 1. The summed E-state index contributed by atoms with van der Waals surface area (Å²) >= 11 is 5.82. The Hall–Kier alpha value is -2.53. The molecule has 1 atom stereocenters. The molecule has 2 aromatic rings. The van der Waals surface area contributed by atoms with E-state index in [0.717, 1.165) is 5.56 Å². The third-order valence-corrected chi connectivity index (χ3v) is 4.18. The Balaban J connectivity index is 1.58. The first-order valence-corrected chi connectivity index (χ1v) is 8.39. The van der Waals surface area contributed by atoms with Crippen LogP contribution in [0, 0.1) is 0 Å². The maximum Gasteiger partial charge on any atom is 0.307 e. The van der Waals surface area contributed by atoms with Gasteiger partial charge in [-0.1, -0.05) is 35.9 Å². The molecular formula is C19H18ClNO4. The molecule has 0 saturated heterocycles. The van der Waals surface area contributed by atoms with Gasteiger partial charge in [0.15, 0.2) is 6.10 Å². The molecule has 1 amide bonds. The molecule has 0 N–H and O–H groups in total. The van der Waals surface area contributed by atoms with Crippen molar-refractivity contribution < 1.29 is 19.1 Å². The minimum atomic E-state index is -0.569. The zero-order chi connectivity index (χ0) is 17.8. The SMILES string of the molecule is CC1Oc2ccccc2N(CCC(=O)OCc2ccc(Cl)cc2)C1=O.